The first-order valence-electron chi connectivity index (χ1n) is 10.7. The Morgan fingerprint density at radius 2 is 1.12 bits per heavy atom. The number of halogens is 1. The van der Waals surface area contributed by atoms with E-state index >= 15 is 0 Å². The zero-order valence-electron chi connectivity index (χ0n) is 17.1. The molecule has 0 amide bonds. The minimum Gasteiger partial charge on any atom is -1.00 e. The Morgan fingerprint density at radius 3 is 1.60 bits per heavy atom. The maximum atomic E-state index is 2.36. The molecule has 25 heavy (non-hydrogen) atoms. The van der Waals surface area contributed by atoms with Gasteiger partial charge in [-0.2, -0.15) is 0 Å². The zero-order chi connectivity index (χ0) is 17.5. The van der Waals surface area contributed by atoms with Gasteiger partial charge in [0.2, 0.25) is 0 Å². The van der Waals surface area contributed by atoms with Crippen LogP contribution in [0.5, 0.6) is 0 Å². The van der Waals surface area contributed by atoms with Gasteiger partial charge in [0, 0.05) is 5.56 Å². The number of nitrogens with zero attached hydrogens (tertiary/aromatic N) is 1. The molecule has 1 aromatic carbocycles. The van der Waals surface area contributed by atoms with Crippen molar-refractivity contribution in [3.8, 4) is 0 Å². The first-order valence-corrected chi connectivity index (χ1v) is 10.7. The van der Waals surface area contributed by atoms with Crippen molar-refractivity contribution >= 4 is 0 Å². The van der Waals surface area contributed by atoms with Gasteiger partial charge in [-0.3, -0.25) is 0 Å². The van der Waals surface area contributed by atoms with Gasteiger partial charge in [-0.15, -0.1) is 0 Å². The summed E-state index contributed by atoms with van der Waals surface area (Å²) in [6, 6.07) is 11.1. The van der Waals surface area contributed by atoms with Crippen LogP contribution >= 0.6 is 0 Å². The third-order valence-electron chi connectivity index (χ3n) is 5.69. The maximum absolute atomic E-state index is 2.36. The third kappa shape index (κ3) is 11.1. The lowest BCUT2D eigenvalue weighted by molar-refractivity contribution is -0.938. The predicted molar refractivity (Wildman–Crippen MR) is 108 cm³/mol. The minimum atomic E-state index is 0. The van der Waals surface area contributed by atoms with Crippen molar-refractivity contribution in [2.45, 2.75) is 91.5 Å². The molecule has 146 valence electrons. The van der Waals surface area contributed by atoms with E-state index in [1.165, 1.54) is 100 Å². The van der Waals surface area contributed by atoms with Gasteiger partial charge in [0.1, 0.15) is 6.54 Å². The van der Waals surface area contributed by atoms with Crippen LogP contribution in [0, 0.1) is 0 Å². The van der Waals surface area contributed by atoms with Crippen LogP contribution < -0.4 is 17.0 Å². The Labute approximate surface area is 168 Å². The highest BCUT2D eigenvalue weighted by Gasteiger charge is 2.22. The van der Waals surface area contributed by atoms with Gasteiger partial charge >= 0.3 is 0 Å². The second kappa shape index (κ2) is 15.9. The van der Waals surface area contributed by atoms with Gasteiger partial charge < -0.3 is 21.5 Å². The van der Waals surface area contributed by atoms with E-state index in [2.05, 4.69) is 51.1 Å². The van der Waals surface area contributed by atoms with E-state index in [4.69, 9.17) is 0 Å². The van der Waals surface area contributed by atoms with Crippen LogP contribution in [0.4, 0.5) is 0 Å². The van der Waals surface area contributed by atoms with Gasteiger partial charge in [0.05, 0.1) is 19.6 Å². The van der Waals surface area contributed by atoms with Crippen LogP contribution in [-0.2, 0) is 6.54 Å². The van der Waals surface area contributed by atoms with E-state index in [-0.39, 0.29) is 17.0 Å². The number of hydrogen-bond acceptors (Lipinski definition) is 0. The second-order valence-corrected chi connectivity index (χ2v) is 7.52. The van der Waals surface area contributed by atoms with Gasteiger partial charge in [-0.1, -0.05) is 88.6 Å². The van der Waals surface area contributed by atoms with Gasteiger partial charge in [0.25, 0.3) is 0 Å². The van der Waals surface area contributed by atoms with Gasteiger partial charge in [-0.05, 0) is 26.7 Å². The van der Waals surface area contributed by atoms with Crippen LogP contribution in [0.15, 0.2) is 30.3 Å². The number of unbranched alkanes of at least 4 members (excludes halogenated alkanes) is 9. The Balaban J connectivity index is 0.00000576. The smallest absolute Gasteiger partial charge is 0.104 e. The van der Waals surface area contributed by atoms with Crippen LogP contribution in [0.25, 0.3) is 0 Å². The van der Waals surface area contributed by atoms with Crippen molar-refractivity contribution < 1.29 is 21.5 Å². The monoisotopic (exact) mass is 411 g/mol. The number of benzene rings is 1. The molecule has 0 atom stereocenters. The molecular formula is C23H42BrN. The average Bonchev–Trinajstić information content (AvgIpc) is 2.63. The summed E-state index contributed by atoms with van der Waals surface area (Å²) >= 11 is 0. The highest BCUT2D eigenvalue weighted by molar-refractivity contribution is 5.13. The normalized spacial score (nSPS) is 11.3. The largest absolute Gasteiger partial charge is 1.00 e. The van der Waals surface area contributed by atoms with E-state index in [1.54, 1.807) is 0 Å². The summed E-state index contributed by atoms with van der Waals surface area (Å²) in [5, 5.41) is 0. The number of hydrogen-bond donors (Lipinski definition) is 0. The van der Waals surface area contributed by atoms with Crippen LogP contribution in [0.1, 0.15) is 90.5 Å². The Kier molecular flexibility index (Phi) is 15.7. The summed E-state index contributed by atoms with van der Waals surface area (Å²) in [6.07, 6.45) is 14.3. The highest BCUT2D eigenvalue weighted by Crippen LogP contribution is 2.17. The quantitative estimate of drug-likeness (QED) is 0.302. The van der Waals surface area contributed by atoms with Gasteiger partial charge in [-0.25, -0.2) is 0 Å². The van der Waals surface area contributed by atoms with E-state index < -0.39 is 0 Å². The molecule has 0 radical (unpaired) electrons. The second-order valence-electron chi connectivity index (χ2n) is 7.52. The lowest BCUT2D eigenvalue weighted by Crippen LogP contribution is -3.00. The molecular weight excluding hydrogens is 370 g/mol. The molecule has 0 N–H and O–H groups in total. The van der Waals surface area contributed by atoms with Crippen molar-refractivity contribution in [3.63, 3.8) is 0 Å². The van der Waals surface area contributed by atoms with Crippen molar-refractivity contribution in [2.75, 3.05) is 19.6 Å². The molecule has 0 bridgehead atoms. The number of quaternary nitrogens is 1. The molecule has 0 saturated heterocycles. The molecule has 1 aromatic rings. The fourth-order valence-corrected chi connectivity index (χ4v) is 3.75. The first kappa shape index (κ1) is 24.7. The summed E-state index contributed by atoms with van der Waals surface area (Å²) in [5.41, 5.74) is 1.49. The molecule has 0 spiro atoms. The molecule has 0 fully saturated rings. The lowest BCUT2D eigenvalue weighted by Gasteiger charge is -2.37. The van der Waals surface area contributed by atoms with Gasteiger partial charge in [0.15, 0.2) is 0 Å². The summed E-state index contributed by atoms with van der Waals surface area (Å²) in [6.45, 7) is 12.1. The lowest BCUT2D eigenvalue weighted by atomic mass is 10.1. The summed E-state index contributed by atoms with van der Waals surface area (Å²) < 4.78 is 1.25. The molecule has 0 aliphatic rings. The fraction of sp³-hybridized carbons (Fsp3) is 0.739. The van der Waals surface area contributed by atoms with Crippen LogP contribution in [-0.4, -0.2) is 24.1 Å². The van der Waals surface area contributed by atoms with Crippen LogP contribution in [0.2, 0.25) is 0 Å². The molecule has 2 heteroatoms. The topological polar surface area (TPSA) is 0 Å². The van der Waals surface area contributed by atoms with Crippen molar-refractivity contribution in [2.24, 2.45) is 0 Å². The van der Waals surface area contributed by atoms with Crippen LogP contribution in [0.3, 0.4) is 0 Å². The van der Waals surface area contributed by atoms with E-state index in [0.29, 0.717) is 0 Å². The van der Waals surface area contributed by atoms with Crippen molar-refractivity contribution in [3.05, 3.63) is 35.9 Å². The Bertz CT molecular complexity index is 386. The standard InChI is InChI=1S/C23H42N.BrH/c1-4-7-8-9-10-11-12-13-14-18-21-24(5-2,6-3)22-23-19-16-15-17-20-23;/h15-17,19-20H,4-14,18,21-22H2,1-3H3;1H/q+1;/p-1. The molecule has 1 rings (SSSR count). The molecule has 0 heterocycles. The summed E-state index contributed by atoms with van der Waals surface area (Å²) in [5.74, 6) is 0. The van der Waals surface area contributed by atoms with Crippen molar-refractivity contribution in [1.82, 2.24) is 0 Å². The highest BCUT2D eigenvalue weighted by atomic mass is 79.9. The number of rotatable bonds is 15. The third-order valence-corrected chi connectivity index (χ3v) is 5.69. The Hall–Kier alpha value is -0.340. The van der Waals surface area contributed by atoms with E-state index in [9.17, 15) is 0 Å². The summed E-state index contributed by atoms with van der Waals surface area (Å²) in [7, 11) is 0. The molecule has 0 saturated carbocycles. The first-order chi connectivity index (χ1) is 11.8. The molecule has 0 aliphatic carbocycles. The summed E-state index contributed by atoms with van der Waals surface area (Å²) in [4.78, 5) is 0. The average molecular weight is 412 g/mol. The minimum absolute atomic E-state index is 0. The maximum Gasteiger partial charge on any atom is 0.104 e. The fourth-order valence-electron chi connectivity index (χ4n) is 3.75. The molecule has 0 aromatic heterocycles. The Morgan fingerprint density at radius 1 is 0.640 bits per heavy atom. The molecule has 0 unspecified atom stereocenters. The predicted octanol–water partition coefficient (Wildman–Crippen LogP) is 3.97. The van der Waals surface area contributed by atoms with Crippen molar-refractivity contribution in [1.29, 1.82) is 0 Å². The molecule has 1 nitrogen and oxygen atoms in total. The zero-order valence-corrected chi connectivity index (χ0v) is 18.7. The van der Waals surface area contributed by atoms with E-state index in [1.807, 2.05) is 0 Å². The molecule has 0 aliphatic heterocycles. The SMILES string of the molecule is CCCCCCCCCCCC[N+](CC)(CC)Cc1ccccc1.[Br-]. The van der Waals surface area contributed by atoms with E-state index in [0.717, 1.165) is 0 Å².